The Morgan fingerprint density at radius 1 is 1.53 bits per heavy atom. The highest BCUT2D eigenvalue weighted by molar-refractivity contribution is 7.99. The number of hydrogen-bond donors (Lipinski definition) is 1. The Kier molecular flexibility index (Phi) is 4.91. The molecule has 0 spiro atoms. The number of thioether (sulfide) groups is 1. The first kappa shape index (κ1) is 14.4. The lowest BCUT2D eigenvalue weighted by molar-refractivity contribution is -0.120. The molecule has 1 aliphatic rings. The van der Waals surface area contributed by atoms with Gasteiger partial charge in [0.05, 0.1) is 5.75 Å². The van der Waals surface area contributed by atoms with Gasteiger partial charge in [-0.3, -0.25) is 4.79 Å². The molecule has 1 heterocycles. The van der Waals surface area contributed by atoms with Gasteiger partial charge in [0.25, 0.3) is 0 Å². The van der Waals surface area contributed by atoms with Crippen molar-refractivity contribution in [2.75, 3.05) is 5.75 Å². The lowest BCUT2D eigenvalue weighted by atomic mass is 9.78. The van der Waals surface area contributed by atoms with Crippen LogP contribution in [0.2, 0.25) is 0 Å². The summed E-state index contributed by atoms with van der Waals surface area (Å²) in [5.74, 6) is 1.86. The Balaban J connectivity index is 1.79. The molecule has 1 N–H and O–H groups in total. The van der Waals surface area contributed by atoms with Gasteiger partial charge in [0, 0.05) is 25.5 Å². The average Bonchev–Trinajstić information content (AvgIpc) is 2.78. The minimum atomic E-state index is 0.124. The number of carbonyl (C=O) groups excluding carboxylic acids is 1. The van der Waals surface area contributed by atoms with Gasteiger partial charge in [0.1, 0.15) is 0 Å². The van der Waals surface area contributed by atoms with Crippen molar-refractivity contribution in [1.29, 1.82) is 0 Å². The van der Waals surface area contributed by atoms with Crippen molar-refractivity contribution in [1.82, 2.24) is 14.9 Å². The van der Waals surface area contributed by atoms with Crippen LogP contribution in [0.3, 0.4) is 0 Å². The first-order valence-electron chi connectivity index (χ1n) is 6.97. The van der Waals surface area contributed by atoms with Gasteiger partial charge < -0.3 is 9.88 Å². The molecule has 106 valence electrons. The average molecular weight is 281 g/mol. The molecule has 19 heavy (non-hydrogen) atoms. The Labute approximate surface area is 119 Å². The van der Waals surface area contributed by atoms with Crippen LogP contribution in [0.25, 0.3) is 0 Å². The summed E-state index contributed by atoms with van der Waals surface area (Å²) in [5.41, 5.74) is 0. The zero-order valence-corrected chi connectivity index (χ0v) is 12.7. The van der Waals surface area contributed by atoms with Crippen molar-refractivity contribution >= 4 is 17.7 Å². The molecule has 0 radical (unpaired) electrons. The molecule has 0 unspecified atom stereocenters. The van der Waals surface area contributed by atoms with Crippen LogP contribution in [0.1, 0.15) is 33.1 Å². The van der Waals surface area contributed by atoms with E-state index in [1.54, 1.807) is 6.20 Å². The maximum Gasteiger partial charge on any atom is 0.230 e. The highest BCUT2D eigenvalue weighted by atomic mass is 32.2. The van der Waals surface area contributed by atoms with Gasteiger partial charge in [-0.05, 0) is 18.3 Å². The summed E-state index contributed by atoms with van der Waals surface area (Å²) in [7, 11) is 1.94. The highest BCUT2D eigenvalue weighted by Crippen LogP contribution is 2.29. The standard InChI is InChI=1S/C14H23N3OS/c1-10-5-4-6-12(11(10)2)16-13(18)9-19-14-15-7-8-17(14)3/h7-8,10-12H,4-6,9H2,1-3H3,(H,16,18)/t10-,11-,12-/m1/s1. The molecular formula is C14H23N3OS. The van der Waals surface area contributed by atoms with Crippen molar-refractivity contribution in [3.05, 3.63) is 12.4 Å². The molecule has 1 aliphatic carbocycles. The largest absolute Gasteiger partial charge is 0.352 e. The van der Waals surface area contributed by atoms with Crippen molar-refractivity contribution in [2.24, 2.45) is 18.9 Å². The maximum atomic E-state index is 12.0. The molecule has 3 atom stereocenters. The van der Waals surface area contributed by atoms with Gasteiger partial charge in [-0.1, -0.05) is 38.5 Å². The SMILES string of the molecule is C[C@@H]1[C@H](C)CCC[C@H]1NC(=O)CSc1nccn1C. The van der Waals surface area contributed by atoms with Crippen molar-refractivity contribution in [3.8, 4) is 0 Å². The normalized spacial score (nSPS) is 27.2. The first-order chi connectivity index (χ1) is 9.08. The van der Waals surface area contributed by atoms with Gasteiger partial charge in [0.2, 0.25) is 5.91 Å². The van der Waals surface area contributed by atoms with E-state index in [0.717, 1.165) is 11.6 Å². The summed E-state index contributed by atoms with van der Waals surface area (Å²) in [6.07, 6.45) is 7.28. The number of amides is 1. The van der Waals surface area contributed by atoms with Crippen LogP contribution in [0.4, 0.5) is 0 Å². The second kappa shape index (κ2) is 6.46. The summed E-state index contributed by atoms with van der Waals surface area (Å²) in [6.45, 7) is 4.53. The maximum absolute atomic E-state index is 12.0. The summed E-state index contributed by atoms with van der Waals surface area (Å²) in [5, 5.41) is 4.07. The Morgan fingerprint density at radius 3 is 3.00 bits per heavy atom. The third-order valence-corrected chi connectivity index (χ3v) is 5.22. The van der Waals surface area contributed by atoms with E-state index in [-0.39, 0.29) is 5.91 Å². The quantitative estimate of drug-likeness (QED) is 0.862. The summed E-state index contributed by atoms with van der Waals surface area (Å²) < 4.78 is 1.93. The van der Waals surface area contributed by atoms with Crippen LogP contribution >= 0.6 is 11.8 Å². The van der Waals surface area contributed by atoms with Crippen LogP contribution < -0.4 is 5.32 Å². The van der Waals surface area contributed by atoms with Crippen LogP contribution in [0.5, 0.6) is 0 Å². The number of imidazole rings is 1. The molecular weight excluding hydrogens is 258 g/mol. The third kappa shape index (κ3) is 3.75. The number of nitrogens with one attached hydrogen (secondary N) is 1. The predicted molar refractivity (Wildman–Crippen MR) is 78.0 cm³/mol. The molecule has 1 saturated carbocycles. The molecule has 4 nitrogen and oxygen atoms in total. The molecule has 1 aromatic rings. The zero-order chi connectivity index (χ0) is 13.8. The molecule has 1 amide bonds. The van der Waals surface area contributed by atoms with Gasteiger partial charge >= 0.3 is 0 Å². The van der Waals surface area contributed by atoms with E-state index in [9.17, 15) is 4.79 Å². The minimum absolute atomic E-state index is 0.124. The molecule has 1 fully saturated rings. The molecule has 1 aromatic heterocycles. The first-order valence-corrected chi connectivity index (χ1v) is 7.96. The number of nitrogens with zero attached hydrogens (tertiary/aromatic N) is 2. The van der Waals surface area contributed by atoms with E-state index in [1.807, 2.05) is 17.8 Å². The Bertz CT molecular complexity index is 432. The van der Waals surface area contributed by atoms with Gasteiger partial charge in [-0.15, -0.1) is 0 Å². The van der Waals surface area contributed by atoms with E-state index >= 15 is 0 Å². The monoisotopic (exact) mass is 281 g/mol. The Morgan fingerprint density at radius 2 is 2.32 bits per heavy atom. The van der Waals surface area contributed by atoms with Crippen molar-refractivity contribution in [3.63, 3.8) is 0 Å². The molecule has 0 saturated heterocycles. The van der Waals surface area contributed by atoms with Crippen LogP contribution in [-0.2, 0) is 11.8 Å². The van der Waals surface area contributed by atoms with Crippen LogP contribution in [-0.4, -0.2) is 27.3 Å². The van der Waals surface area contributed by atoms with Gasteiger partial charge in [0.15, 0.2) is 5.16 Å². The number of hydrogen-bond acceptors (Lipinski definition) is 3. The van der Waals surface area contributed by atoms with E-state index in [0.29, 0.717) is 23.6 Å². The van der Waals surface area contributed by atoms with Crippen molar-refractivity contribution < 1.29 is 4.79 Å². The van der Waals surface area contributed by atoms with E-state index in [1.165, 1.54) is 24.6 Å². The zero-order valence-electron chi connectivity index (χ0n) is 11.9. The number of rotatable bonds is 4. The molecule has 0 bridgehead atoms. The lowest BCUT2D eigenvalue weighted by Gasteiger charge is -2.34. The highest BCUT2D eigenvalue weighted by Gasteiger charge is 2.28. The van der Waals surface area contributed by atoms with Gasteiger partial charge in [-0.2, -0.15) is 0 Å². The number of aromatic nitrogens is 2. The summed E-state index contributed by atoms with van der Waals surface area (Å²) in [6, 6.07) is 0.346. The van der Waals surface area contributed by atoms with E-state index < -0.39 is 0 Å². The second-order valence-corrected chi connectivity index (χ2v) is 6.49. The molecule has 5 heteroatoms. The molecule has 0 aliphatic heterocycles. The second-order valence-electron chi connectivity index (χ2n) is 5.55. The third-order valence-electron chi connectivity index (χ3n) is 4.16. The lowest BCUT2D eigenvalue weighted by Crippen LogP contribution is -2.44. The fourth-order valence-electron chi connectivity index (χ4n) is 2.66. The predicted octanol–water partition coefficient (Wildman–Crippen LogP) is 2.45. The fraction of sp³-hybridized carbons (Fsp3) is 0.714. The van der Waals surface area contributed by atoms with Crippen LogP contribution in [0.15, 0.2) is 17.6 Å². The smallest absolute Gasteiger partial charge is 0.230 e. The Hall–Kier alpha value is -0.970. The number of carbonyl (C=O) groups is 1. The van der Waals surface area contributed by atoms with Crippen LogP contribution in [0, 0.1) is 11.8 Å². The summed E-state index contributed by atoms with van der Waals surface area (Å²) >= 11 is 1.49. The van der Waals surface area contributed by atoms with E-state index in [2.05, 4.69) is 24.1 Å². The minimum Gasteiger partial charge on any atom is -0.352 e. The topological polar surface area (TPSA) is 46.9 Å². The summed E-state index contributed by atoms with van der Waals surface area (Å²) in [4.78, 5) is 16.2. The fourth-order valence-corrected chi connectivity index (χ4v) is 3.40. The van der Waals surface area contributed by atoms with Crippen molar-refractivity contribution in [2.45, 2.75) is 44.3 Å². The van der Waals surface area contributed by atoms with Gasteiger partial charge in [-0.25, -0.2) is 4.98 Å². The molecule has 0 aromatic carbocycles. The number of aryl methyl sites for hydroxylation is 1. The van der Waals surface area contributed by atoms with E-state index in [4.69, 9.17) is 0 Å². The molecule has 2 rings (SSSR count).